The highest BCUT2D eigenvalue weighted by atomic mass is 32.2. The van der Waals surface area contributed by atoms with Crippen LogP contribution in [0.15, 0.2) is 53.8 Å². The number of methoxy groups -OCH3 is 1. The van der Waals surface area contributed by atoms with Gasteiger partial charge in [-0.3, -0.25) is 0 Å². The van der Waals surface area contributed by atoms with E-state index in [1.165, 1.54) is 13.4 Å². The lowest BCUT2D eigenvalue weighted by atomic mass is 10.0. The number of aromatic nitrogens is 3. The second-order valence-corrected chi connectivity index (χ2v) is 10.9. The van der Waals surface area contributed by atoms with Gasteiger partial charge in [0.25, 0.3) is 0 Å². The number of pyridine rings is 1. The molecule has 2 aromatic carbocycles. The lowest BCUT2D eigenvalue weighted by molar-refractivity contribution is 0.0684. The summed E-state index contributed by atoms with van der Waals surface area (Å²) in [7, 11) is -2.02. The highest BCUT2D eigenvalue weighted by molar-refractivity contribution is 8.01. The average molecular weight is 541 g/mol. The zero-order chi connectivity index (χ0) is 26.9. The molecule has 2 atom stereocenters. The molecule has 1 saturated heterocycles. The number of ether oxygens (including phenoxy) is 3. The quantitative estimate of drug-likeness (QED) is 0.316. The van der Waals surface area contributed by atoms with Gasteiger partial charge in [-0.05, 0) is 61.5 Å². The Bertz CT molecular complexity index is 1610. The molecule has 11 heteroatoms. The monoisotopic (exact) mass is 540 g/mol. The van der Waals surface area contributed by atoms with E-state index in [2.05, 4.69) is 25.5 Å². The van der Waals surface area contributed by atoms with Crippen LogP contribution in [0.4, 0.5) is 14.5 Å². The van der Waals surface area contributed by atoms with Crippen LogP contribution in [0.3, 0.4) is 0 Å². The van der Waals surface area contributed by atoms with Crippen LogP contribution in [0.1, 0.15) is 18.5 Å². The Morgan fingerprint density at radius 2 is 2.00 bits per heavy atom. The summed E-state index contributed by atoms with van der Waals surface area (Å²) in [4.78, 5) is 12.8. The summed E-state index contributed by atoms with van der Waals surface area (Å²) in [6, 6.07) is 8.21. The van der Waals surface area contributed by atoms with Crippen LogP contribution >= 0.6 is 0 Å². The maximum atomic E-state index is 14.4. The van der Waals surface area contributed by atoms with Crippen molar-refractivity contribution >= 4 is 32.2 Å². The first-order chi connectivity index (χ1) is 18.2. The normalized spacial score (nSPS) is 16.8. The number of halogens is 2. The van der Waals surface area contributed by atoms with Crippen LogP contribution in [0.25, 0.3) is 22.0 Å². The van der Waals surface area contributed by atoms with Crippen LogP contribution in [-0.2, 0) is 14.4 Å². The summed E-state index contributed by atoms with van der Waals surface area (Å²) in [6.45, 7) is 2.99. The molecule has 38 heavy (non-hydrogen) atoms. The fraction of sp³-hybridized carbons (Fsp3) is 0.259. The Labute approximate surface area is 219 Å². The van der Waals surface area contributed by atoms with E-state index in [1.54, 1.807) is 12.3 Å². The first kappa shape index (κ1) is 25.8. The topological polar surface area (TPSA) is 95.5 Å². The van der Waals surface area contributed by atoms with Crippen molar-refractivity contribution in [2.45, 2.75) is 30.8 Å². The van der Waals surface area contributed by atoms with E-state index >= 15 is 0 Å². The van der Waals surface area contributed by atoms with Crippen LogP contribution < -0.4 is 14.2 Å². The van der Waals surface area contributed by atoms with Crippen molar-refractivity contribution in [2.75, 3.05) is 25.0 Å². The molecule has 0 radical (unpaired) electrons. The van der Waals surface area contributed by atoms with E-state index < -0.39 is 21.3 Å². The maximum absolute atomic E-state index is 14.4. The number of rotatable bonds is 8. The SMILES string of the molecule is C=S(=O)(Nc1cc(-c2cc(OCC3CCCO3)c3ncnc(C)c3c2)cnc1OC)c1ccc(F)cc1F. The molecule has 0 bridgehead atoms. The van der Waals surface area contributed by atoms with Gasteiger partial charge in [0.1, 0.15) is 41.5 Å². The number of fused-ring (bicyclic) bond motifs is 1. The molecule has 1 fully saturated rings. The van der Waals surface area contributed by atoms with Gasteiger partial charge in [0.15, 0.2) is 0 Å². The van der Waals surface area contributed by atoms with Crippen LogP contribution in [-0.4, -0.2) is 51.5 Å². The summed E-state index contributed by atoms with van der Waals surface area (Å²) >= 11 is 0. The lowest BCUT2D eigenvalue weighted by Crippen LogP contribution is -2.16. The smallest absolute Gasteiger partial charge is 0.238 e. The van der Waals surface area contributed by atoms with Gasteiger partial charge < -0.3 is 18.9 Å². The summed E-state index contributed by atoms with van der Waals surface area (Å²) in [6.07, 6.45) is 5.04. The summed E-state index contributed by atoms with van der Waals surface area (Å²) in [5, 5.41) is 0.798. The van der Waals surface area contributed by atoms with Gasteiger partial charge in [0, 0.05) is 35.5 Å². The Morgan fingerprint density at radius 1 is 1.16 bits per heavy atom. The Morgan fingerprint density at radius 3 is 2.74 bits per heavy atom. The van der Waals surface area contributed by atoms with Crippen LogP contribution in [0.5, 0.6) is 11.6 Å². The highest BCUT2D eigenvalue weighted by Gasteiger charge is 2.20. The minimum absolute atomic E-state index is 0.0205. The molecule has 198 valence electrons. The van der Waals surface area contributed by atoms with E-state index in [-0.39, 0.29) is 22.6 Å². The predicted octanol–water partition coefficient (Wildman–Crippen LogP) is 4.95. The van der Waals surface area contributed by atoms with Crippen molar-refractivity contribution in [3.05, 3.63) is 66.3 Å². The van der Waals surface area contributed by atoms with E-state index in [1.807, 2.05) is 19.1 Å². The van der Waals surface area contributed by atoms with Crippen molar-refractivity contribution in [1.29, 1.82) is 0 Å². The number of benzene rings is 2. The minimum Gasteiger partial charge on any atom is -0.489 e. The minimum atomic E-state index is -3.43. The largest absolute Gasteiger partial charge is 0.489 e. The zero-order valence-corrected chi connectivity index (χ0v) is 21.7. The third-order valence-corrected chi connectivity index (χ3v) is 7.84. The maximum Gasteiger partial charge on any atom is 0.238 e. The number of aryl methyl sites for hydroxylation is 1. The van der Waals surface area contributed by atoms with Gasteiger partial charge in [0.05, 0.1) is 27.8 Å². The van der Waals surface area contributed by atoms with Gasteiger partial charge >= 0.3 is 0 Å². The summed E-state index contributed by atoms with van der Waals surface area (Å²) in [5.74, 6) is 2.60. The van der Waals surface area contributed by atoms with Gasteiger partial charge in [-0.1, -0.05) is 0 Å². The van der Waals surface area contributed by atoms with E-state index in [0.717, 1.165) is 48.2 Å². The highest BCUT2D eigenvalue weighted by Crippen LogP contribution is 2.36. The van der Waals surface area contributed by atoms with Crippen molar-refractivity contribution in [3.8, 4) is 22.8 Å². The van der Waals surface area contributed by atoms with E-state index in [4.69, 9.17) is 14.2 Å². The molecule has 1 aliphatic rings. The lowest BCUT2D eigenvalue weighted by Gasteiger charge is -2.17. The first-order valence-corrected chi connectivity index (χ1v) is 13.6. The van der Waals surface area contributed by atoms with Crippen molar-refractivity contribution in [2.24, 2.45) is 0 Å². The third kappa shape index (κ3) is 5.25. The zero-order valence-electron chi connectivity index (χ0n) is 20.9. The number of hydrogen-bond donors (Lipinski definition) is 1. The first-order valence-electron chi connectivity index (χ1n) is 11.9. The van der Waals surface area contributed by atoms with Crippen molar-refractivity contribution in [3.63, 3.8) is 0 Å². The molecule has 0 aliphatic carbocycles. The molecule has 0 spiro atoms. The standard InChI is InChI=1S/C27H26F2N4O4S/c1-16-21-9-17(11-24(26(21)32-15-31-16)37-14-20-5-4-8-36-20)18-10-23(27(35-2)30-13-18)33-38(3,34)25-7-6-19(28)12-22(25)29/h6-7,9-13,15,20H,3-5,8,14H2,1-2H3,(H,33,34). The fourth-order valence-electron chi connectivity index (χ4n) is 4.32. The molecule has 4 aromatic rings. The second-order valence-electron chi connectivity index (χ2n) is 8.91. The third-order valence-electron chi connectivity index (χ3n) is 6.25. The van der Waals surface area contributed by atoms with E-state index in [9.17, 15) is 13.0 Å². The molecule has 2 aromatic heterocycles. The van der Waals surface area contributed by atoms with Crippen molar-refractivity contribution in [1.82, 2.24) is 15.0 Å². The average Bonchev–Trinajstić information content (AvgIpc) is 3.41. The molecular weight excluding hydrogens is 514 g/mol. The van der Waals surface area contributed by atoms with Crippen molar-refractivity contribution < 1.29 is 27.2 Å². The molecule has 1 aliphatic heterocycles. The number of nitrogens with one attached hydrogen (secondary N) is 1. The fourth-order valence-corrected chi connectivity index (χ4v) is 5.59. The Balaban J connectivity index is 1.54. The summed E-state index contributed by atoms with van der Waals surface area (Å²) < 4.78 is 61.1. The van der Waals surface area contributed by atoms with E-state index in [0.29, 0.717) is 29.5 Å². The molecule has 0 saturated carbocycles. The van der Waals surface area contributed by atoms with Crippen LogP contribution in [0, 0.1) is 18.6 Å². The molecule has 5 rings (SSSR count). The molecule has 8 nitrogen and oxygen atoms in total. The van der Waals surface area contributed by atoms with Crippen LogP contribution in [0.2, 0.25) is 0 Å². The van der Waals surface area contributed by atoms with Gasteiger partial charge in [-0.25, -0.2) is 27.9 Å². The molecular formula is C27H26F2N4O4S. The number of nitrogens with zero attached hydrogens (tertiary/aromatic N) is 3. The van der Waals surface area contributed by atoms with Gasteiger partial charge in [0.2, 0.25) is 5.88 Å². The second kappa shape index (κ2) is 10.5. The number of anilines is 1. The number of hydrogen-bond acceptors (Lipinski definition) is 7. The van der Waals surface area contributed by atoms with Gasteiger partial charge in [-0.2, -0.15) is 0 Å². The molecule has 1 N–H and O–H groups in total. The molecule has 3 heterocycles. The molecule has 0 amide bonds. The van der Waals surface area contributed by atoms with Gasteiger partial charge in [-0.15, -0.1) is 0 Å². The summed E-state index contributed by atoms with van der Waals surface area (Å²) in [5.41, 5.74) is 3.03. The Kier molecular flexibility index (Phi) is 7.13. The predicted molar refractivity (Wildman–Crippen MR) is 142 cm³/mol. The molecule has 2 unspecified atom stereocenters. The Hall–Kier alpha value is -3.83.